The van der Waals surface area contributed by atoms with Gasteiger partial charge in [-0.15, -0.1) is 0 Å². The quantitative estimate of drug-likeness (QED) is 0.665. The third kappa shape index (κ3) is 7.19. The molecule has 0 saturated carbocycles. The maximum Gasteiger partial charge on any atom is 0.306 e. The van der Waals surface area contributed by atoms with Crippen molar-refractivity contribution < 1.29 is 23.8 Å². The average Bonchev–Trinajstić information content (AvgIpc) is 2.69. The minimum absolute atomic E-state index is 0.154. The maximum atomic E-state index is 11.9. The molecule has 0 fully saturated rings. The number of nitrogens with one attached hydrogen (secondary N) is 1. The molecule has 2 aromatic carbocycles. The summed E-state index contributed by atoms with van der Waals surface area (Å²) in [7, 11) is 3.13. The first-order chi connectivity index (χ1) is 13.0. The topological polar surface area (TPSA) is 73.9 Å². The molecule has 0 aliphatic rings. The van der Waals surface area contributed by atoms with Crippen molar-refractivity contribution in [1.82, 2.24) is 5.32 Å². The molecule has 0 aromatic heterocycles. The van der Waals surface area contributed by atoms with E-state index in [0.717, 1.165) is 11.1 Å². The van der Waals surface area contributed by atoms with Gasteiger partial charge in [-0.2, -0.15) is 0 Å². The number of esters is 1. The molecule has 0 bridgehead atoms. The summed E-state index contributed by atoms with van der Waals surface area (Å²) in [5, 5.41) is 3.32. The lowest BCUT2D eigenvalue weighted by atomic mass is 10.1. The molecular weight excluding hydrogens is 370 g/mol. The molecule has 144 valence electrons. The molecule has 0 aliphatic carbocycles. The van der Waals surface area contributed by atoms with Gasteiger partial charge in [-0.1, -0.05) is 23.7 Å². The summed E-state index contributed by atoms with van der Waals surface area (Å²) < 4.78 is 15.4. The van der Waals surface area contributed by atoms with Crippen LogP contribution in [0.1, 0.15) is 17.5 Å². The molecule has 2 aromatic rings. The van der Waals surface area contributed by atoms with Crippen molar-refractivity contribution in [2.45, 2.75) is 19.4 Å². The van der Waals surface area contributed by atoms with Crippen LogP contribution in [0.5, 0.6) is 11.5 Å². The van der Waals surface area contributed by atoms with Gasteiger partial charge in [0.05, 0.1) is 14.2 Å². The molecule has 1 N–H and O–H groups in total. The smallest absolute Gasteiger partial charge is 0.306 e. The number of hydrogen-bond acceptors (Lipinski definition) is 5. The third-order valence-corrected chi connectivity index (χ3v) is 4.05. The molecule has 6 nitrogen and oxygen atoms in total. The monoisotopic (exact) mass is 391 g/mol. The van der Waals surface area contributed by atoms with Gasteiger partial charge in [-0.05, 0) is 41.8 Å². The molecular formula is C20H22ClNO5. The summed E-state index contributed by atoms with van der Waals surface area (Å²) in [5.41, 5.74) is 1.79. The number of carbonyl (C=O) groups is 2. The molecule has 2 rings (SSSR count). The maximum absolute atomic E-state index is 11.9. The van der Waals surface area contributed by atoms with Crippen molar-refractivity contribution in [3.8, 4) is 11.5 Å². The van der Waals surface area contributed by atoms with Gasteiger partial charge in [0, 0.05) is 24.1 Å². The first-order valence-electron chi connectivity index (χ1n) is 8.39. The Balaban J connectivity index is 1.72. The van der Waals surface area contributed by atoms with Gasteiger partial charge in [0.25, 0.3) is 5.91 Å². The van der Waals surface area contributed by atoms with Crippen molar-refractivity contribution in [2.24, 2.45) is 0 Å². The minimum Gasteiger partial charge on any atom is -0.497 e. The summed E-state index contributed by atoms with van der Waals surface area (Å²) in [6, 6.07) is 12.5. The lowest BCUT2D eigenvalue weighted by Crippen LogP contribution is -2.28. The van der Waals surface area contributed by atoms with E-state index in [2.05, 4.69) is 5.32 Å². The highest BCUT2D eigenvalue weighted by Crippen LogP contribution is 2.23. The summed E-state index contributed by atoms with van der Waals surface area (Å²) in [6.07, 6.45) is 0.611. The molecule has 0 spiro atoms. The highest BCUT2D eigenvalue weighted by atomic mass is 35.5. The van der Waals surface area contributed by atoms with Crippen LogP contribution in [0.4, 0.5) is 0 Å². The van der Waals surface area contributed by atoms with Crippen LogP contribution in [0.3, 0.4) is 0 Å². The fraction of sp³-hybridized carbons (Fsp3) is 0.300. The molecule has 0 heterocycles. The molecule has 0 aliphatic heterocycles. The molecule has 0 radical (unpaired) electrons. The van der Waals surface area contributed by atoms with E-state index >= 15 is 0 Å². The van der Waals surface area contributed by atoms with Crippen molar-refractivity contribution in [3.63, 3.8) is 0 Å². The van der Waals surface area contributed by atoms with Crippen LogP contribution in [-0.4, -0.2) is 32.7 Å². The number of halogens is 1. The van der Waals surface area contributed by atoms with Crippen molar-refractivity contribution in [3.05, 3.63) is 58.6 Å². The Morgan fingerprint density at radius 2 is 1.59 bits per heavy atom. The predicted octanol–water partition coefficient (Wildman–Crippen LogP) is 3.15. The Kier molecular flexibility index (Phi) is 7.95. The van der Waals surface area contributed by atoms with E-state index in [9.17, 15) is 9.59 Å². The zero-order valence-electron chi connectivity index (χ0n) is 15.3. The van der Waals surface area contributed by atoms with Crippen LogP contribution >= 0.6 is 11.6 Å². The lowest BCUT2D eigenvalue weighted by molar-refractivity contribution is -0.148. The largest absolute Gasteiger partial charge is 0.497 e. The van der Waals surface area contributed by atoms with Crippen LogP contribution in [0.25, 0.3) is 0 Å². The molecule has 0 unspecified atom stereocenters. The van der Waals surface area contributed by atoms with Gasteiger partial charge in [-0.3, -0.25) is 9.59 Å². The van der Waals surface area contributed by atoms with Crippen LogP contribution < -0.4 is 14.8 Å². The van der Waals surface area contributed by atoms with Crippen molar-refractivity contribution >= 4 is 23.5 Å². The van der Waals surface area contributed by atoms with E-state index in [1.54, 1.807) is 32.4 Å². The van der Waals surface area contributed by atoms with Gasteiger partial charge in [0.15, 0.2) is 6.61 Å². The molecule has 7 heteroatoms. The van der Waals surface area contributed by atoms with Gasteiger partial charge in [0.2, 0.25) is 0 Å². The summed E-state index contributed by atoms with van der Waals surface area (Å²) >= 11 is 5.81. The van der Waals surface area contributed by atoms with Gasteiger partial charge in [-0.25, -0.2) is 0 Å². The third-order valence-electron chi connectivity index (χ3n) is 3.80. The van der Waals surface area contributed by atoms with E-state index in [4.69, 9.17) is 25.8 Å². The number of methoxy groups -OCH3 is 2. The molecule has 27 heavy (non-hydrogen) atoms. The van der Waals surface area contributed by atoms with Crippen molar-refractivity contribution in [1.29, 1.82) is 0 Å². The van der Waals surface area contributed by atoms with Crippen LogP contribution in [-0.2, 0) is 27.3 Å². The summed E-state index contributed by atoms with van der Waals surface area (Å²) in [4.78, 5) is 23.6. The average molecular weight is 392 g/mol. The Morgan fingerprint density at radius 3 is 2.19 bits per heavy atom. The number of aryl methyl sites for hydroxylation is 1. The summed E-state index contributed by atoms with van der Waals surface area (Å²) in [5.74, 6) is 0.498. The lowest BCUT2D eigenvalue weighted by Gasteiger charge is -2.09. The second-order valence-corrected chi connectivity index (χ2v) is 6.22. The Hall–Kier alpha value is -2.73. The zero-order chi connectivity index (χ0) is 19.6. The number of amides is 1. The summed E-state index contributed by atoms with van der Waals surface area (Å²) in [6.45, 7) is 0.0328. The van der Waals surface area contributed by atoms with E-state index in [0.29, 0.717) is 29.5 Å². The van der Waals surface area contributed by atoms with Gasteiger partial charge < -0.3 is 19.5 Å². The first-order valence-corrected chi connectivity index (χ1v) is 8.76. The second-order valence-electron chi connectivity index (χ2n) is 5.78. The minimum atomic E-state index is -0.446. The fourth-order valence-electron chi connectivity index (χ4n) is 2.33. The SMILES string of the molecule is COc1cc(CCC(=O)OCC(=O)NCc2ccc(Cl)cc2)cc(OC)c1. The number of ether oxygens (including phenoxy) is 3. The number of carbonyl (C=O) groups excluding carboxylic acids is 2. The van der Waals surface area contributed by atoms with E-state index < -0.39 is 5.97 Å². The number of hydrogen-bond donors (Lipinski definition) is 1. The number of benzene rings is 2. The highest BCUT2D eigenvalue weighted by molar-refractivity contribution is 6.30. The Morgan fingerprint density at radius 1 is 0.963 bits per heavy atom. The van der Waals surface area contributed by atoms with Gasteiger partial charge >= 0.3 is 5.97 Å². The normalized spacial score (nSPS) is 10.2. The van der Waals surface area contributed by atoms with Crippen molar-refractivity contribution in [2.75, 3.05) is 20.8 Å². The van der Waals surface area contributed by atoms with Gasteiger partial charge in [0.1, 0.15) is 11.5 Å². The van der Waals surface area contributed by atoms with Crippen LogP contribution in [0.2, 0.25) is 5.02 Å². The van der Waals surface area contributed by atoms with E-state index in [1.807, 2.05) is 24.3 Å². The zero-order valence-corrected chi connectivity index (χ0v) is 16.0. The van der Waals surface area contributed by atoms with Crippen LogP contribution in [0, 0.1) is 0 Å². The molecule has 0 saturated heterocycles. The van der Waals surface area contributed by atoms with E-state index in [-0.39, 0.29) is 18.9 Å². The molecule has 0 atom stereocenters. The van der Waals surface area contributed by atoms with Crippen LogP contribution in [0.15, 0.2) is 42.5 Å². The standard InChI is InChI=1S/C20H22ClNO5/c1-25-17-9-15(10-18(11-17)26-2)5-8-20(24)27-13-19(23)22-12-14-3-6-16(21)7-4-14/h3-4,6-7,9-11H,5,8,12-13H2,1-2H3,(H,22,23). The Labute approximate surface area is 163 Å². The highest BCUT2D eigenvalue weighted by Gasteiger charge is 2.09. The second kappa shape index (κ2) is 10.4. The predicted molar refractivity (Wildman–Crippen MR) is 102 cm³/mol. The van der Waals surface area contributed by atoms with E-state index in [1.165, 1.54) is 0 Å². The Bertz CT molecular complexity index is 754. The number of rotatable bonds is 9. The first kappa shape index (κ1) is 20.6. The fourth-order valence-corrected chi connectivity index (χ4v) is 2.46. The molecule has 1 amide bonds.